The molecule has 6 heteroatoms. The Bertz CT molecular complexity index is 665. The van der Waals surface area contributed by atoms with Gasteiger partial charge in [0.15, 0.2) is 0 Å². The number of nitrogens with zero attached hydrogens (tertiary/aromatic N) is 3. The number of fused-ring (bicyclic) bond motifs is 1. The number of pyridine rings is 1. The summed E-state index contributed by atoms with van der Waals surface area (Å²) in [5.74, 6) is 0.0413. The van der Waals surface area contributed by atoms with Crippen molar-refractivity contribution in [1.29, 1.82) is 0 Å². The number of rotatable bonds is 3. The standard InChI is InChI=1S/C16H23N5O/c1-11(17)16(22)21-9-3-4-12(10-21)20(2)14-6-8-19-15-13(14)5-7-18-15/h5-8,11-12H,3-4,9-10,17H2,1-2H3,(H,18,19)/t11-,12-/m1/s1. The van der Waals surface area contributed by atoms with E-state index < -0.39 is 6.04 Å². The van der Waals surface area contributed by atoms with E-state index in [1.54, 1.807) is 6.92 Å². The first kappa shape index (κ1) is 14.8. The van der Waals surface area contributed by atoms with Gasteiger partial charge in [0, 0.05) is 49.6 Å². The fourth-order valence-electron chi connectivity index (χ4n) is 3.21. The molecule has 118 valence electrons. The lowest BCUT2D eigenvalue weighted by atomic mass is 10.0. The van der Waals surface area contributed by atoms with Crippen molar-refractivity contribution in [3.63, 3.8) is 0 Å². The van der Waals surface area contributed by atoms with Crippen LogP contribution in [0.15, 0.2) is 24.5 Å². The molecule has 0 aliphatic carbocycles. The van der Waals surface area contributed by atoms with E-state index in [9.17, 15) is 4.79 Å². The normalized spacial score (nSPS) is 20.1. The fraction of sp³-hybridized carbons (Fsp3) is 0.500. The number of hydrogen-bond acceptors (Lipinski definition) is 4. The first-order valence-corrected chi connectivity index (χ1v) is 7.77. The van der Waals surface area contributed by atoms with Gasteiger partial charge in [0.2, 0.25) is 5.91 Å². The molecule has 6 nitrogen and oxygen atoms in total. The van der Waals surface area contributed by atoms with Crippen LogP contribution in [0.2, 0.25) is 0 Å². The van der Waals surface area contributed by atoms with Crippen LogP contribution in [0.4, 0.5) is 5.69 Å². The summed E-state index contributed by atoms with van der Waals surface area (Å²) < 4.78 is 0. The lowest BCUT2D eigenvalue weighted by molar-refractivity contribution is -0.133. The van der Waals surface area contributed by atoms with Crippen LogP contribution in [0, 0.1) is 0 Å². The first-order valence-electron chi connectivity index (χ1n) is 7.77. The molecule has 1 amide bonds. The van der Waals surface area contributed by atoms with E-state index in [2.05, 4.69) is 21.9 Å². The number of aromatic nitrogens is 2. The Labute approximate surface area is 130 Å². The van der Waals surface area contributed by atoms with Crippen molar-refractivity contribution >= 4 is 22.6 Å². The van der Waals surface area contributed by atoms with Gasteiger partial charge in [0.05, 0.1) is 6.04 Å². The van der Waals surface area contributed by atoms with Crippen LogP contribution in [0.25, 0.3) is 11.0 Å². The highest BCUT2D eigenvalue weighted by atomic mass is 16.2. The Morgan fingerprint density at radius 2 is 2.36 bits per heavy atom. The SMILES string of the molecule is C[C@@H](N)C(=O)N1CCC[C@@H](N(C)c2ccnc3[nH]ccc23)C1. The largest absolute Gasteiger partial charge is 0.369 e. The molecule has 22 heavy (non-hydrogen) atoms. The van der Waals surface area contributed by atoms with Gasteiger partial charge in [-0.3, -0.25) is 4.79 Å². The predicted octanol–water partition coefficient (Wildman–Crippen LogP) is 1.34. The Hall–Kier alpha value is -2.08. The van der Waals surface area contributed by atoms with Crippen LogP contribution >= 0.6 is 0 Å². The second kappa shape index (κ2) is 5.96. The van der Waals surface area contributed by atoms with Crippen molar-refractivity contribution in [2.45, 2.75) is 31.8 Å². The van der Waals surface area contributed by atoms with Gasteiger partial charge >= 0.3 is 0 Å². The van der Waals surface area contributed by atoms with Crippen molar-refractivity contribution in [1.82, 2.24) is 14.9 Å². The molecular weight excluding hydrogens is 278 g/mol. The highest BCUT2D eigenvalue weighted by Gasteiger charge is 2.28. The average Bonchev–Trinajstić information content (AvgIpc) is 3.02. The molecule has 2 atom stereocenters. The molecule has 0 radical (unpaired) electrons. The van der Waals surface area contributed by atoms with Crippen LogP contribution in [0.3, 0.4) is 0 Å². The Balaban J connectivity index is 1.81. The van der Waals surface area contributed by atoms with E-state index in [0.29, 0.717) is 6.04 Å². The zero-order valence-electron chi connectivity index (χ0n) is 13.1. The van der Waals surface area contributed by atoms with Gasteiger partial charge in [-0.05, 0) is 31.9 Å². The van der Waals surface area contributed by atoms with Gasteiger partial charge in [0.25, 0.3) is 0 Å². The number of carbonyl (C=O) groups excluding carboxylic acids is 1. The molecule has 1 aliphatic rings. The van der Waals surface area contributed by atoms with Gasteiger partial charge in [-0.25, -0.2) is 4.98 Å². The number of likely N-dealkylation sites (N-methyl/N-ethyl adjacent to an activating group) is 1. The van der Waals surface area contributed by atoms with E-state index in [1.807, 2.05) is 29.4 Å². The van der Waals surface area contributed by atoms with Gasteiger partial charge in [0.1, 0.15) is 5.65 Å². The van der Waals surface area contributed by atoms with Crippen molar-refractivity contribution in [2.24, 2.45) is 5.73 Å². The van der Waals surface area contributed by atoms with Crippen molar-refractivity contribution in [3.8, 4) is 0 Å². The molecule has 0 aromatic carbocycles. The second-order valence-corrected chi connectivity index (χ2v) is 6.05. The van der Waals surface area contributed by atoms with E-state index in [4.69, 9.17) is 5.73 Å². The summed E-state index contributed by atoms with van der Waals surface area (Å²) in [6.07, 6.45) is 5.81. The number of H-pyrrole nitrogens is 1. The quantitative estimate of drug-likeness (QED) is 0.896. The summed E-state index contributed by atoms with van der Waals surface area (Å²) in [7, 11) is 2.09. The minimum absolute atomic E-state index is 0.0413. The van der Waals surface area contributed by atoms with Crippen LogP contribution in [0.5, 0.6) is 0 Å². The first-order chi connectivity index (χ1) is 10.6. The molecule has 3 N–H and O–H groups in total. The smallest absolute Gasteiger partial charge is 0.239 e. The molecule has 2 aromatic rings. The molecule has 1 saturated heterocycles. The maximum atomic E-state index is 12.1. The fourth-order valence-corrected chi connectivity index (χ4v) is 3.21. The number of piperidine rings is 1. The summed E-state index contributed by atoms with van der Waals surface area (Å²) >= 11 is 0. The third-order valence-electron chi connectivity index (χ3n) is 4.46. The van der Waals surface area contributed by atoms with Gasteiger partial charge in [-0.1, -0.05) is 0 Å². The summed E-state index contributed by atoms with van der Waals surface area (Å²) in [5, 5.41) is 1.11. The highest BCUT2D eigenvalue weighted by Crippen LogP contribution is 2.27. The predicted molar refractivity (Wildman–Crippen MR) is 87.7 cm³/mol. The maximum absolute atomic E-state index is 12.1. The van der Waals surface area contributed by atoms with Gasteiger partial charge in [-0.15, -0.1) is 0 Å². The molecule has 0 unspecified atom stereocenters. The topological polar surface area (TPSA) is 78.2 Å². The van der Waals surface area contributed by atoms with Crippen molar-refractivity contribution < 1.29 is 4.79 Å². The number of aromatic amines is 1. The molecule has 1 aliphatic heterocycles. The number of hydrogen-bond donors (Lipinski definition) is 2. The molecule has 3 heterocycles. The molecular formula is C16H23N5O. The van der Waals surface area contributed by atoms with Crippen LogP contribution in [0.1, 0.15) is 19.8 Å². The summed E-state index contributed by atoms with van der Waals surface area (Å²) in [6, 6.07) is 3.95. The zero-order chi connectivity index (χ0) is 15.7. The molecule has 3 rings (SSSR count). The molecule has 0 saturated carbocycles. The maximum Gasteiger partial charge on any atom is 0.239 e. The van der Waals surface area contributed by atoms with Gasteiger partial charge in [-0.2, -0.15) is 0 Å². The van der Waals surface area contributed by atoms with Crippen LogP contribution in [-0.4, -0.2) is 53.0 Å². The number of nitrogens with one attached hydrogen (secondary N) is 1. The average molecular weight is 301 g/mol. The monoisotopic (exact) mass is 301 g/mol. The molecule has 0 spiro atoms. The van der Waals surface area contributed by atoms with Crippen molar-refractivity contribution in [2.75, 3.05) is 25.0 Å². The van der Waals surface area contributed by atoms with E-state index in [0.717, 1.165) is 42.7 Å². The molecule has 2 aromatic heterocycles. The lowest BCUT2D eigenvalue weighted by Gasteiger charge is -2.39. The highest BCUT2D eigenvalue weighted by molar-refractivity contribution is 5.89. The molecule has 1 fully saturated rings. The van der Waals surface area contributed by atoms with Crippen molar-refractivity contribution in [3.05, 3.63) is 24.5 Å². The van der Waals surface area contributed by atoms with E-state index in [1.165, 1.54) is 0 Å². The third kappa shape index (κ3) is 2.66. The number of amides is 1. The van der Waals surface area contributed by atoms with E-state index >= 15 is 0 Å². The summed E-state index contributed by atoms with van der Waals surface area (Å²) in [6.45, 7) is 3.29. The van der Waals surface area contributed by atoms with Crippen LogP contribution in [-0.2, 0) is 4.79 Å². The summed E-state index contributed by atoms with van der Waals surface area (Å²) in [5.41, 5.74) is 7.78. The third-order valence-corrected chi connectivity index (χ3v) is 4.46. The number of nitrogens with two attached hydrogens (primary N) is 1. The van der Waals surface area contributed by atoms with Crippen LogP contribution < -0.4 is 10.6 Å². The number of likely N-dealkylation sites (tertiary alicyclic amines) is 1. The molecule has 0 bridgehead atoms. The number of anilines is 1. The summed E-state index contributed by atoms with van der Waals surface area (Å²) in [4.78, 5) is 23.8. The zero-order valence-corrected chi connectivity index (χ0v) is 13.1. The second-order valence-electron chi connectivity index (χ2n) is 6.05. The minimum Gasteiger partial charge on any atom is -0.369 e. The number of carbonyl (C=O) groups is 1. The van der Waals surface area contributed by atoms with E-state index in [-0.39, 0.29) is 5.91 Å². The Morgan fingerprint density at radius 1 is 1.55 bits per heavy atom. The Morgan fingerprint density at radius 3 is 3.14 bits per heavy atom. The Kier molecular flexibility index (Phi) is 4.02. The minimum atomic E-state index is -0.429. The lowest BCUT2D eigenvalue weighted by Crippen LogP contribution is -2.52. The van der Waals surface area contributed by atoms with Gasteiger partial charge < -0.3 is 20.5 Å².